The average Bonchev–Trinajstić information content (AvgIpc) is 3.44. The molecule has 0 saturated carbocycles. The van der Waals surface area contributed by atoms with Crippen molar-refractivity contribution in [3.05, 3.63) is 41.6 Å². The van der Waals surface area contributed by atoms with Gasteiger partial charge in [-0.3, -0.25) is 9.59 Å². The lowest BCUT2D eigenvalue weighted by molar-refractivity contribution is -0.136. The van der Waals surface area contributed by atoms with E-state index >= 15 is 0 Å². The number of aromatic nitrogens is 2. The molecule has 1 unspecified atom stereocenters. The lowest BCUT2D eigenvalue weighted by Crippen LogP contribution is -2.51. The monoisotopic (exact) mass is 421 g/mol. The van der Waals surface area contributed by atoms with Crippen LogP contribution < -0.4 is 14.5 Å². The number of hydrogen-bond acceptors (Lipinski definition) is 6. The summed E-state index contributed by atoms with van der Waals surface area (Å²) in [5, 5.41) is 8.79. The fourth-order valence-corrected chi connectivity index (χ4v) is 4.79. The highest BCUT2D eigenvalue weighted by atomic mass is 16.5. The molecule has 0 N–H and O–H groups in total. The Balaban J connectivity index is 1.20. The highest BCUT2D eigenvalue weighted by molar-refractivity contribution is 6.00. The highest BCUT2D eigenvalue weighted by Gasteiger charge is 2.38. The van der Waals surface area contributed by atoms with E-state index in [-0.39, 0.29) is 24.2 Å². The molecule has 2 aromatic rings. The Morgan fingerprint density at radius 3 is 2.74 bits per heavy atom. The van der Waals surface area contributed by atoms with Crippen LogP contribution in [-0.2, 0) is 22.4 Å². The number of anilines is 2. The van der Waals surface area contributed by atoms with Crippen LogP contribution in [0.25, 0.3) is 0 Å². The van der Waals surface area contributed by atoms with Gasteiger partial charge in [-0.2, -0.15) is 5.10 Å². The third kappa shape index (κ3) is 3.82. The molecular weight excluding hydrogens is 394 g/mol. The number of carbonyl (C=O) groups is 2. The van der Waals surface area contributed by atoms with Crippen LogP contribution in [0.5, 0.6) is 5.75 Å². The van der Waals surface area contributed by atoms with Crippen LogP contribution in [0.1, 0.15) is 24.1 Å². The molecule has 0 spiro atoms. The largest absolute Gasteiger partial charge is 0.497 e. The van der Waals surface area contributed by atoms with Crippen LogP contribution >= 0.6 is 0 Å². The summed E-state index contributed by atoms with van der Waals surface area (Å²) in [5.41, 5.74) is 3.22. The third-order valence-electron chi connectivity index (χ3n) is 6.56. The van der Waals surface area contributed by atoms with E-state index in [1.54, 1.807) is 12.0 Å². The molecule has 8 nitrogen and oxygen atoms in total. The number of piperazine rings is 1. The summed E-state index contributed by atoms with van der Waals surface area (Å²) < 4.78 is 5.26. The van der Waals surface area contributed by atoms with E-state index < -0.39 is 0 Å². The Morgan fingerprint density at radius 2 is 1.94 bits per heavy atom. The molecule has 1 aliphatic carbocycles. The zero-order valence-electron chi connectivity index (χ0n) is 17.8. The number of amides is 2. The van der Waals surface area contributed by atoms with E-state index in [9.17, 15) is 9.59 Å². The number of fused-ring (bicyclic) bond motifs is 1. The maximum absolute atomic E-state index is 13.1. The molecule has 8 heteroatoms. The number of ether oxygens (including phenoxy) is 1. The van der Waals surface area contributed by atoms with E-state index in [4.69, 9.17) is 4.74 Å². The minimum atomic E-state index is -0.301. The maximum atomic E-state index is 13.1. The van der Waals surface area contributed by atoms with Crippen molar-refractivity contribution in [1.82, 2.24) is 15.1 Å². The van der Waals surface area contributed by atoms with Crippen molar-refractivity contribution >= 4 is 23.3 Å². The summed E-state index contributed by atoms with van der Waals surface area (Å²) in [6.07, 6.45) is 3.52. The van der Waals surface area contributed by atoms with Gasteiger partial charge in [0.15, 0.2) is 5.82 Å². The molecule has 1 aromatic carbocycles. The van der Waals surface area contributed by atoms with Crippen molar-refractivity contribution in [2.24, 2.45) is 5.92 Å². The van der Waals surface area contributed by atoms with Crippen molar-refractivity contribution in [2.75, 3.05) is 49.6 Å². The lowest BCUT2D eigenvalue weighted by atomic mass is 10.1. The zero-order valence-corrected chi connectivity index (χ0v) is 17.8. The quantitative estimate of drug-likeness (QED) is 0.747. The van der Waals surface area contributed by atoms with Gasteiger partial charge in [0.1, 0.15) is 5.75 Å². The minimum Gasteiger partial charge on any atom is -0.497 e. The summed E-state index contributed by atoms with van der Waals surface area (Å²) in [6, 6.07) is 9.58. The van der Waals surface area contributed by atoms with Crippen LogP contribution in [0, 0.1) is 5.92 Å². The molecule has 1 atom stereocenters. The molecule has 1 aromatic heterocycles. The zero-order chi connectivity index (χ0) is 21.4. The second kappa shape index (κ2) is 8.17. The van der Waals surface area contributed by atoms with Crippen molar-refractivity contribution in [1.29, 1.82) is 0 Å². The molecule has 162 valence electrons. The van der Waals surface area contributed by atoms with Crippen LogP contribution in [-0.4, -0.2) is 66.7 Å². The number of aryl methyl sites for hydroxylation is 2. The first-order valence-electron chi connectivity index (χ1n) is 11.0. The first-order valence-corrected chi connectivity index (χ1v) is 11.0. The predicted octanol–water partition coefficient (Wildman–Crippen LogP) is 1.68. The van der Waals surface area contributed by atoms with Crippen molar-refractivity contribution < 1.29 is 14.3 Å². The van der Waals surface area contributed by atoms with Crippen LogP contribution in [0.3, 0.4) is 0 Å². The summed E-state index contributed by atoms with van der Waals surface area (Å²) in [4.78, 5) is 31.5. The third-order valence-corrected chi connectivity index (χ3v) is 6.56. The van der Waals surface area contributed by atoms with Gasteiger partial charge in [0, 0.05) is 50.9 Å². The maximum Gasteiger partial charge on any atom is 0.228 e. The number of nitrogens with zero attached hydrogens (tertiary/aromatic N) is 5. The van der Waals surface area contributed by atoms with Gasteiger partial charge < -0.3 is 19.4 Å². The van der Waals surface area contributed by atoms with E-state index in [2.05, 4.69) is 21.2 Å². The van der Waals surface area contributed by atoms with Crippen molar-refractivity contribution in [3.8, 4) is 5.75 Å². The van der Waals surface area contributed by atoms with Gasteiger partial charge >= 0.3 is 0 Å². The average molecular weight is 422 g/mol. The number of benzene rings is 1. The first-order chi connectivity index (χ1) is 15.1. The van der Waals surface area contributed by atoms with Gasteiger partial charge in [0.2, 0.25) is 11.8 Å². The second-order valence-electron chi connectivity index (χ2n) is 8.45. The van der Waals surface area contributed by atoms with Gasteiger partial charge in [0.25, 0.3) is 0 Å². The summed E-state index contributed by atoms with van der Waals surface area (Å²) in [7, 11) is 1.60. The normalized spacial score (nSPS) is 20.9. The fourth-order valence-electron chi connectivity index (χ4n) is 4.79. The molecule has 5 rings (SSSR count). The van der Waals surface area contributed by atoms with Crippen LogP contribution in [0.2, 0.25) is 0 Å². The molecule has 2 aliphatic heterocycles. The predicted molar refractivity (Wildman–Crippen MR) is 116 cm³/mol. The van der Waals surface area contributed by atoms with Crippen molar-refractivity contribution in [3.63, 3.8) is 0 Å². The van der Waals surface area contributed by atoms with Gasteiger partial charge in [-0.25, -0.2) is 0 Å². The fraction of sp³-hybridized carbons (Fsp3) is 0.478. The summed E-state index contributed by atoms with van der Waals surface area (Å²) in [6.45, 7) is 3.17. The Kier molecular flexibility index (Phi) is 5.21. The van der Waals surface area contributed by atoms with Crippen molar-refractivity contribution in [2.45, 2.75) is 25.7 Å². The Labute approximate surface area is 181 Å². The first kappa shape index (κ1) is 19.8. The van der Waals surface area contributed by atoms with Gasteiger partial charge in [-0.15, -0.1) is 5.10 Å². The molecule has 3 heterocycles. The Morgan fingerprint density at radius 1 is 1.10 bits per heavy atom. The molecule has 0 radical (unpaired) electrons. The number of methoxy groups -OCH3 is 1. The number of hydrogen-bond donors (Lipinski definition) is 0. The SMILES string of the molecule is COc1cccc(N2CC(C(=O)N3CCN(c4cc5c(nn4)CCC5)CC3)CC2=O)c1. The summed E-state index contributed by atoms with van der Waals surface area (Å²) in [5.74, 6) is 1.36. The van der Waals surface area contributed by atoms with E-state index in [1.165, 1.54) is 5.56 Å². The molecule has 2 amide bonds. The molecule has 31 heavy (non-hydrogen) atoms. The van der Waals surface area contributed by atoms with Crippen LogP contribution in [0.4, 0.5) is 11.5 Å². The smallest absolute Gasteiger partial charge is 0.228 e. The minimum absolute atomic E-state index is 0.0151. The lowest BCUT2D eigenvalue weighted by Gasteiger charge is -2.36. The molecule has 3 aliphatic rings. The summed E-state index contributed by atoms with van der Waals surface area (Å²) >= 11 is 0. The second-order valence-corrected chi connectivity index (χ2v) is 8.45. The van der Waals surface area contributed by atoms with Crippen LogP contribution in [0.15, 0.2) is 30.3 Å². The number of carbonyl (C=O) groups excluding carboxylic acids is 2. The van der Waals surface area contributed by atoms with Gasteiger partial charge in [-0.05, 0) is 43.0 Å². The Bertz CT molecular complexity index is 1000. The molecular formula is C23H27N5O3. The topological polar surface area (TPSA) is 78.9 Å². The molecule has 2 fully saturated rings. The van der Waals surface area contributed by atoms with E-state index in [1.807, 2.05) is 29.2 Å². The Hall–Kier alpha value is -3.16. The number of rotatable bonds is 4. The van der Waals surface area contributed by atoms with E-state index in [0.717, 1.165) is 49.6 Å². The highest BCUT2D eigenvalue weighted by Crippen LogP contribution is 2.29. The molecule has 2 saturated heterocycles. The standard InChI is InChI=1S/C23H27N5O3/c1-31-19-6-3-5-18(14-19)28-15-17(13-22(28)29)23(30)27-10-8-26(9-11-27)21-12-16-4-2-7-20(16)24-25-21/h3,5-6,12,14,17H,2,4,7-11,13,15H2,1H3. The molecule has 0 bridgehead atoms. The van der Waals surface area contributed by atoms with E-state index in [0.29, 0.717) is 25.4 Å². The van der Waals surface area contributed by atoms with Gasteiger partial charge in [-0.1, -0.05) is 6.07 Å². The van der Waals surface area contributed by atoms with Gasteiger partial charge in [0.05, 0.1) is 18.7 Å².